The van der Waals surface area contributed by atoms with Crippen LogP contribution in [-0.2, 0) is 9.53 Å². The van der Waals surface area contributed by atoms with Crippen molar-refractivity contribution in [2.75, 3.05) is 6.61 Å². The molecule has 0 aromatic carbocycles. The van der Waals surface area contributed by atoms with Crippen LogP contribution in [-0.4, -0.2) is 18.0 Å². The SMILES string of the molecule is CCOC1(C(=O)C2CCC2)CCCCC1. The molecule has 0 unspecified atom stereocenters. The Bertz CT molecular complexity index is 219. The van der Waals surface area contributed by atoms with Gasteiger partial charge in [-0.05, 0) is 32.6 Å². The van der Waals surface area contributed by atoms with Gasteiger partial charge in [0.05, 0.1) is 0 Å². The first-order valence-corrected chi connectivity index (χ1v) is 6.47. The zero-order valence-corrected chi connectivity index (χ0v) is 9.76. The third-order valence-corrected chi connectivity index (χ3v) is 4.01. The van der Waals surface area contributed by atoms with Gasteiger partial charge < -0.3 is 4.74 Å². The second kappa shape index (κ2) is 4.65. The van der Waals surface area contributed by atoms with Crippen molar-refractivity contribution in [1.29, 1.82) is 0 Å². The highest BCUT2D eigenvalue weighted by Crippen LogP contribution is 2.39. The number of ketones is 1. The minimum absolute atomic E-state index is 0.328. The first-order valence-electron chi connectivity index (χ1n) is 6.47. The summed E-state index contributed by atoms with van der Waals surface area (Å²) >= 11 is 0. The van der Waals surface area contributed by atoms with Crippen molar-refractivity contribution in [3.8, 4) is 0 Å². The molecule has 0 bridgehead atoms. The maximum atomic E-state index is 12.4. The summed E-state index contributed by atoms with van der Waals surface area (Å²) in [5, 5.41) is 0. The van der Waals surface area contributed by atoms with Gasteiger partial charge in [-0.2, -0.15) is 0 Å². The van der Waals surface area contributed by atoms with Gasteiger partial charge in [0.25, 0.3) is 0 Å². The molecule has 2 aliphatic rings. The maximum absolute atomic E-state index is 12.4. The molecule has 2 nitrogen and oxygen atoms in total. The van der Waals surface area contributed by atoms with Crippen molar-refractivity contribution >= 4 is 5.78 Å². The van der Waals surface area contributed by atoms with E-state index in [2.05, 4.69) is 0 Å². The first-order chi connectivity index (χ1) is 7.28. The Morgan fingerprint density at radius 1 is 1.20 bits per heavy atom. The Kier molecular flexibility index (Phi) is 3.45. The Balaban J connectivity index is 2.05. The fourth-order valence-electron chi connectivity index (χ4n) is 2.90. The van der Waals surface area contributed by atoms with Crippen molar-refractivity contribution in [1.82, 2.24) is 0 Å². The van der Waals surface area contributed by atoms with Crippen molar-refractivity contribution < 1.29 is 9.53 Å². The molecule has 0 aliphatic heterocycles. The van der Waals surface area contributed by atoms with Crippen LogP contribution < -0.4 is 0 Å². The molecule has 0 saturated heterocycles. The summed E-state index contributed by atoms with van der Waals surface area (Å²) in [4.78, 5) is 12.4. The van der Waals surface area contributed by atoms with Crippen LogP contribution in [0.3, 0.4) is 0 Å². The first kappa shape index (κ1) is 11.1. The van der Waals surface area contributed by atoms with Gasteiger partial charge >= 0.3 is 0 Å². The lowest BCUT2D eigenvalue weighted by molar-refractivity contribution is -0.156. The summed E-state index contributed by atoms with van der Waals surface area (Å²) in [5.74, 6) is 0.755. The van der Waals surface area contributed by atoms with Gasteiger partial charge in [-0.1, -0.05) is 25.7 Å². The normalized spacial score (nSPS) is 25.9. The predicted molar refractivity (Wildman–Crippen MR) is 59.8 cm³/mol. The molecule has 0 N–H and O–H groups in total. The van der Waals surface area contributed by atoms with E-state index < -0.39 is 0 Å². The van der Waals surface area contributed by atoms with Gasteiger partial charge in [0.15, 0.2) is 5.78 Å². The summed E-state index contributed by atoms with van der Waals surface area (Å²) in [5.41, 5.74) is -0.377. The van der Waals surface area contributed by atoms with Crippen LogP contribution in [0.25, 0.3) is 0 Å². The van der Waals surface area contributed by atoms with Crippen molar-refractivity contribution in [3.05, 3.63) is 0 Å². The molecule has 86 valence electrons. The monoisotopic (exact) mass is 210 g/mol. The van der Waals surface area contributed by atoms with Gasteiger partial charge in [-0.3, -0.25) is 4.79 Å². The molecule has 0 amide bonds. The standard InChI is InChI=1S/C13H22O2/c1-2-15-13(9-4-3-5-10-13)12(14)11-7-6-8-11/h11H,2-10H2,1H3. The van der Waals surface area contributed by atoms with Crippen LogP contribution in [0.4, 0.5) is 0 Å². The zero-order valence-electron chi connectivity index (χ0n) is 9.76. The van der Waals surface area contributed by atoms with Crippen molar-refractivity contribution in [2.45, 2.75) is 63.9 Å². The number of carbonyl (C=O) groups is 1. The number of ether oxygens (including phenoxy) is 1. The molecule has 15 heavy (non-hydrogen) atoms. The Hall–Kier alpha value is -0.370. The average Bonchev–Trinajstić information content (AvgIpc) is 2.17. The van der Waals surface area contributed by atoms with Gasteiger partial charge in [-0.25, -0.2) is 0 Å². The number of hydrogen-bond donors (Lipinski definition) is 0. The molecular formula is C13H22O2. The highest BCUT2D eigenvalue weighted by Gasteiger charge is 2.44. The smallest absolute Gasteiger partial charge is 0.167 e. The molecule has 0 radical (unpaired) electrons. The Morgan fingerprint density at radius 2 is 1.87 bits per heavy atom. The average molecular weight is 210 g/mol. The van der Waals surface area contributed by atoms with Crippen LogP contribution >= 0.6 is 0 Å². The van der Waals surface area contributed by atoms with Crippen molar-refractivity contribution in [2.24, 2.45) is 5.92 Å². The molecule has 2 rings (SSSR count). The number of rotatable bonds is 4. The fraction of sp³-hybridized carbons (Fsp3) is 0.923. The van der Waals surface area contributed by atoms with Gasteiger partial charge in [0, 0.05) is 12.5 Å². The molecule has 2 fully saturated rings. The van der Waals surface area contributed by atoms with E-state index in [0.717, 1.165) is 25.7 Å². The zero-order chi connectivity index (χ0) is 10.7. The topological polar surface area (TPSA) is 26.3 Å². The fourth-order valence-corrected chi connectivity index (χ4v) is 2.90. The van der Waals surface area contributed by atoms with E-state index in [9.17, 15) is 4.79 Å². The molecule has 0 atom stereocenters. The summed E-state index contributed by atoms with van der Waals surface area (Å²) in [6, 6.07) is 0. The summed E-state index contributed by atoms with van der Waals surface area (Å²) in [6.07, 6.45) is 8.98. The second-order valence-corrected chi connectivity index (χ2v) is 4.98. The molecule has 2 saturated carbocycles. The summed E-state index contributed by atoms with van der Waals surface area (Å²) in [6.45, 7) is 2.68. The maximum Gasteiger partial charge on any atom is 0.167 e. The van der Waals surface area contributed by atoms with E-state index >= 15 is 0 Å². The highest BCUT2D eigenvalue weighted by atomic mass is 16.5. The molecular weight excluding hydrogens is 188 g/mol. The van der Waals surface area contributed by atoms with Crippen LogP contribution in [0.2, 0.25) is 0 Å². The third-order valence-electron chi connectivity index (χ3n) is 4.01. The highest BCUT2D eigenvalue weighted by molar-refractivity contribution is 5.90. The predicted octanol–water partition coefficient (Wildman–Crippen LogP) is 3.10. The second-order valence-electron chi connectivity index (χ2n) is 4.98. The molecule has 0 aromatic heterocycles. The van der Waals surface area contributed by atoms with Crippen molar-refractivity contribution in [3.63, 3.8) is 0 Å². The molecule has 0 aromatic rings. The number of carbonyl (C=O) groups excluding carboxylic acids is 1. The lowest BCUT2D eigenvalue weighted by Gasteiger charge is -2.40. The quantitative estimate of drug-likeness (QED) is 0.712. The molecule has 0 heterocycles. The summed E-state index contributed by atoms with van der Waals surface area (Å²) < 4.78 is 5.84. The van der Waals surface area contributed by atoms with Crippen LogP contribution in [0.1, 0.15) is 58.3 Å². The summed E-state index contributed by atoms with van der Waals surface area (Å²) in [7, 11) is 0. The van der Waals surface area contributed by atoms with E-state index in [1.165, 1.54) is 25.7 Å². The minimum atomic E-state index is -0.377. The van der Waals surface area contributed by atoms with E-state index in [0.29, 0.717) is 18.3 Å². The Morgan fingerprint density at radius 3 is 2.33 bits per heavy atom. The van der Waals surface area contributed by atoms with Crippen LogP contribution in [0.5, 0.6) is 0 Å². The lowest BCUT2D eigenvalue weighted by atomic mass is 9.71. The third kappa shape index (κ3) is 2.10. The molecule has 0 spiro atoms. The lowest BCUT2D eigenvalue weighted by Crippen LogP contribution is -2.48. The van der Waals surface area contributed by atoms with Gasteiger partial charge in [0.2, 0.25) is 0 Å². The molecule has 2 heteroatoms. The van der Waals surface area contributed by atoms with E-state index in [1.807, 2.05) is 6.92 Å². The van der Waals surface area contributed by atoms with Crippen LogP contribution in [0, 0.1) is 5.92 Å². The number of hydrogen-bond acceptors (Lipinski definition) is 2. The molecule has 2 aliphatic carbocycles. The van der Waals surface area contributed by atoms with E-state index in [4.69, 9.17) is 4.74 Å². The van der Waals surface area contributed by atoms with Crippen LogP contribution in [0.15, 0.2) is 0 Å². The Labute approximate surface area is 92.4 Å². The van der Waals surface area contributed by atoms with E-state index in [1.54, 1.807) is 0 Å². The minimum Gasteiger partial charge on any atom is -0.367 e. The van der Waals surface area contributed by atoms with E-state index in [-0.39, 0.29) is 5.60 Å². The number of Topliss-reactive ketones (excluding diaryl/α,β-unsaturated/α-hetero) is 1. The van der Waals surface area contributed by atoms with Gasteiger partial charge in [0.1, 0.15) is 5.60 Å². The van der Waals surface area contributed by atoms with Gasteiger partial charge in [-0.15, -0.1) is 0 Å². The largest absolute Gasteiger partial charge is 0.367 e.